The van der Waals surface area contributed by atoms with Gasteiger partial charge in [0.25, 0.3) is 0 Å². The van der Waals surface area contributed by atoms with Gasteiger partial charge in [0.15, 0.2) is 0 Å². The van der Waals surface area contributed by atoms with Crippen LogP contribution in [0.4, 0.5) is 10.1 Å². The second kappa shape index (κ2) is 4.76. The molecule has 4 nitrogen and oxygen atoms in total. The lowest BCUT2D eigenvalue weighted by Crippen LogP contribution is -2.31. The Morgan fingerprint density at radius 3 is 2.74 bits per heavy atom. The third-order valence-corrected chi connectivity index (χ3v) is 3.21. The van der Waals surface area contributed by atoms with Crippen molar-refractivity contribution < 1.29 is 13.6 Å². The third-order valence-electron chi connectivity index (χ3n) is 3.21. The van der Waals surface area contributed by atoms with Crippen molar-refractivity contribution in [2.75, 3.05) is 5.43 Å². The van der Waals surface area contributed by atoms with Gasteiger partial charge in [0.2, 0.25) is 5.91 Å². The fraction of sp³-hybridized carbons (Fsp3) is 0.214. The van der Waals surface area contributed by atoms with Crippen LogP contribution >= 0.6 is 0 Å². The first-order valence-electron chi connectivity index (χ1n) is 6.09. The summed E-state index contributed by atoms with van der Waals surface area (Å²) in [5, 5.41) is 0. The van der Waals surface area contributed by atoms with Crippen LogP contribution < -0.4 is 10.9 Å². The van der Waals surface area contributed by atoms with E-state index >= 15 is 0 Å². The van der Waals surface area contributed by atoms with Crippen LogP contribution in [0.2, 0.25) is 0 Å². The molecule has 1 heterocycles. The first-order chi connectivity index (χ1) is 9.24. The zero-order chi connectivity index (χ0) is 13.2. The van der Waals surface area contributed by atoms with Crippen LogP contribution in [0.1, 0.15) is 18.1 Å². The molecule has 1 aliphatic rings. The van der Waals surface area contributed by atoms with Gasteiger partial charge in [-0.3, -0.25) is 15.6 Å². The van der Waals surface area contributed by atoms with Crippen LogP contribution in [-0.4, -0.2) is 5.91 Å². The Labute approximate surface area is 109 Å². The summed E-state index contributed by atoms with van der Waals surface area (Å²) >= 11 is 0. The highest BCUT2D eigenvalue weighted by Crippen LogP contribution is 2.47. The maximum Gasteiger partial charge on any atom is 0.242 e. The Bertz CT molecular complexity index is 566. The molecule has 1 aromatic heterocycles. The van der Waals surface area contributed by atoms with Gasteiger partial charge in [-0.1, -0.05) is 0 Å². The van der Waals surface area contributed by atoms with E-state index in [0.29, 0.717) is 5.69 Å². The summed E-state index contributed by atoms with van der Waals surface area (Å²) in [6, 6.07) is 9.48. The van der Waals surface area contributed by atoms with Crippen LogP contribution in [-0.2, 0) is 4.79 Å². The highest BCUT2D eigenvalue weighted by atomic mass is 19.1. The lowest BCUT2D eigenvalue weighted by molar-refractivity contribution is -0.121. The van der Waals surface area contributed by atoms with Gasteiger partial charge < -0.3 is 4.42 Å². The Morgan fingerprint density at radius 1 is 1.26 bits per heavy atom. The molecule has 0 spiro atoms. The number of rotatable bonds is 4. The predicted molar refractivity (Wildman–Crippen MR) is 67.7 cm³/mol. The molecule has 2 aromatic rings. The summed E-state index contributed by atoms with van der Waals surface area (Å²) in [7, 11) is 0. The van der Waals surface area contributed by atoms with E-state index in [1.54, 1.807) is 18.4 Å². The van der Waals surface area contributed by atoms with E-state index in [9.17, 15) is 9.18 Å². The number of nitrogens with one attached hydrogen (secondary N) is 2. The maximum atomic E-state index is 12.7. The van der Waals surface area contributed by atoms with Crippen molar-refractivity contribution in [2.24, 2.45) is 5.92 Å². The molecule has 0 aliphatic heterocycles. The van der Waals surface area contributed by atoms with E-state index in [-0.39, 0.29) is 23.6 Å². The van der Waals surface area contributed by atoms with E-state index in [2.05, 4.69) is 10.9 Å². The molecular weight excluding hydrogens is 247 g/mol. The SMILES string of the molecule is O=C(NNc1ccc(F)cc1)[C@@H]1C[C@@H]1c1ccco1. The number of carbonyl (C=O) groups is 1. The largest absolute Gasteiger partial charge is 0.469 e. The monoisotopic (exact) mass is 260 g/mol. The average Bonchev–Trinajstić information content (AvgIpc) is 3.04. The summed E-state index contributed by atoms with van der Waals surface area (Å²) in [4.78, 5) is 11.9. The summed E-state index contributed by atoms with van der Waals surface area (Å²) in [6.45, 7) is 0. The molecule has 0 bridgehead atoms. The molecule has 0 saturated heterocycles. The highest BCUT2D eigenvalue weighted by molar-refractivity contribution is 5.83. The molecule has 1 aliphatic carbocycles. The molecule has 1 fully saturated rings. The van der Waals surface area contributed by atoms with Gasteiger partial charge in [-0.05, 0) is 42.8 Å². The van der Waals surface area contributed by atoms with Crippen molar-refractivity contribution in [2.45, 2.75) is 12.3 Å². The number of amides is 1. The Kier molecular flexibility index (Phi) is 2.95. The summed E-state index contributed by atoms with van der Waals surface area (Å²) in [5.41, 5.74) is 6.02. The normalized spacial score (nSPS) is 20.9. The number of furan rings is 1. The average molecular weight is 260 g/mol. The van der Waals surface area contributed by atoms with E-state index < -0.39 is 0 Å². The highest BCUT2D eigenvalue weighted by Gasteiger charge is 2.45. The maximum absolute atomic E-state index is 12.7. The lowest BCUT2D eigenvalue weighted by Gasteiger charge is -2.07. The minimum Gasteiger partial charge on any atom is -0.469 e. The quantitative estimate of drug-likeness (QED) is 0.831. The summed E-state index contributed by atoms with van der Waals surface area (Å²) in [5.74, 6) is 0.578. The molecule has 98 valence electrons. The van der Waals surface area contributed by atoms with Crippen LogP contribution in [0, 0.1) is 11.7 Å². The second-order valence-corrected chi connectivity index (χ2v) is 4.59. The number of benzene rings is 1. The van der Waals surface area contributed by atoms with Crippen molar-refractivity contribution >= 4 is 11.6 Å². The van der Waals surface area contributed by atoms with Gasteiger partial charge >= 0.3 is 0 Å². The van der Waals surface area contributed by atoms with Gasteiger partial charge in [0.1, 0.15) is 11.6 Å². The molecule has 1 aromatic carbocycles. The number of hydrogen-bond donors (Lipinski definition) is 2. The van der Waals surface area contributed by atoms with E-state index in [1.807, 2.05) is 12.1 Å². The van der Waals surface area contributed by atoms with E-state index in [4.69, 9.17) is 4.42 Å². The zero-order valence-corrected chi connectivity index (χ0v) is 10.1. The van der Waals surface area contributed by atoms with Crippen molar-refractivity contribution in [3.63, 3.8) is 0 Å². The Balaban J connectivity index is 1.52. The van der Waals surface area contributed by atoms with Crippen molar-refractivity contribution in [1.29, 1.82) is 0 Å². The van der Waals surface area contributed by atoms with Crippen molar-refractivity contribution in [1.82, 2.24) is 5.43 Å². The topological polar surface area (TPSA) is 54.3 Å². The van der Waals surface area contributed by atoms with Gasteiger partial charge in [-0.25, -0.2) is 4.39 Å². The van der Waals surface area contributed by atoms with Gasteiger partial charge in [-0.2, -0.15) is 0 Å². The number of hydrazine groups is 1. The lowest BCUT2D eigenvalue weighted by atomic mass is 10.2. The molecule has 5 heteroatoms. The first-order valence-corrected chi connectivity index (χ1v) is 6.09. The molecular formula is C14H13FN2O2. The van der Waals surface area contributed by atoms with Crippen molar-refractivity contribution in [3.05, 3.63) is 54.2 Å². The Hall–Kier alpha value is -2.30. The molecule has 2 atom stereocenters. The fourth-order valence-electron chi connectivity index (χ4n) is 2.06. The van der Waals surface area contributed by atoms with Crippen LogP contribution in [0.25, 0.3) is 0 Å². The predicted octanol–water partition coefficient (Wildman–Crippen LogP) is 2.67. The van der Waals surface area contributed by atoms with E-state index in [1.165, 1.54) is 12.1 Å². The summed E-state index contributed by atoms with van der Waals surface area (Å²) < 4.78 is 18.0. The molecule has 3 rings (SSSR count). The number of carbonyl (C=O) groups excluding carboxylic acids is 1. The van der Waals surface area contributed by atoms with Gasteiger partial charge in [0.05, 0.1) is 17.9 Å². The van der Waals surface area contributed by atoms with Crippen molar-refractivity contribution in [3.8, 4) is 0 Å². The zero-order valence-electron chi connectivity index (χ0n) is 10.1. The number of anilines is 1. The minimum absolute atomic E-state index is 0.0564. The second-order valence-electron chi connectivity index (χ2n) is 4.59. The van der Waals surface area contributed by atoms with E-state index in [0.717, 1.165) is 12.2 Å². The third kappa shape index (κ3) is 2.59. The minimum atomic E-state index is -0.308. The number of hydrogen-bond acceptors (Lipinski definition) is 3. The molecule has 2 N–H and O–H groups in total. The van der Waals surface area contributed by atoms with Gasteiger partial charge in [-0.15, -0.1) is 0 Å². The standard InChI is InChI=1S/C14H13FN2O2/c15-9-3-5-10(6-4-9)16-17-14(18)12-8-11(12)13-2-1-7-19-13/h1-7,11-12,16H,8H2,(H,17,18)/t11-,12+/m0/s1. The van der Waals surface area contributed by atoms with Crippen LogP contribution in [0.15, 0.2) is 47.1 Å². The Morgan fingerprint density at radius 2 is 2.05 bits per heavy atom. The molecule has 0 radical (unpaired) electrons. The van der Waals surface area contributed by atoms with Gasteiger partial charge in [0, 0.05) is 5.92 Å². The summed E-state index contributed by atoms with van der Waals surface area (Å²) in [6.07, 6.45) is 2.41. The smallest absolute Gasteiger partial charge is 0.242 e. The molecule has 1 saturated carbocycles. The molecule has 19 heavy (non-hydrogen) atoms. The number of halogens is 1. The molecule has 0 unspecified atom stereocenters. The van der Waals surface area contributed by atoms with Crippen LogP contribution in [0.5, 0.6) is 0 Å². The first kappa shape index (κ1) is 11.8. The van der Waals surface area contributed by atoms with Crippen LogP contribution in [0.3, 0.4) is 0 Å². The molecule has 1 amide bonds. The fourth-order valence-corrected chi connectivity index (χ4v) is 2.06.